The van der Waals surface area contributed by atoms with Crippen molar-refractivity contribution in [3.05, 3.63) is 160 Å². The standard InChI is InChI=1S/C38H34N2O5S/c41-36(20-17-30-21-24-46-27-30)40(26-29-9-3-1-4-10-29)22-23-45-32-18-15-28(16-19-32)25-35(38(43)44)39-34-14-8-7-13-33(34)37(42)31-11-5-2-6-12-31/h1-21,24,27,35,39H,22-23,25-26H2,(H,43,44). The van der Waals surface area contributed by atoms with Crippen LogP contribution in [0.5, 0.6) is 5.75 Å². The van der Waals surface area contributed by atoms with E-state index < -0.39 is 12.0 Å². The number of amides is 1. The van der Waals surface area contributed by atoms with E-state index in [0.29, 0.717) is 35.7 Å². The van der Waals surface area contributed by atoms with Crippen LogP contribution in [-0.4, -0.2) is 46.9 Å². The van der Waals surface area contributed by atoms with Gasteiger partial charge in [-0.3, -0.25) is 9.59 Å². The Hall–Kier alpha value is -5.47. The summed E-state index contributed by atoms with van der Waals surface area (Å²) >= 11 is 1.58. The van der Waals surface area contributed by atoms with Crippen LogP contribution in [0.4, 0.5) is 5.69 Å². The molecular formula is C38H34N2O5S. The number of nitrogens with zero attached hydrogens (tertiary/aromatic N) is 1. The monoisotopic (exact) mass is 630 g/mol. The molecule has 5 rings (SSSR count). The average molecular weight is 631 g/mol. The lowest BCUT2D eigenvalue weighted by atomic mass is 10.00. The van der Waals surface area contributed by atoms with Crippen molar-refractivity contribution >= 4 is 40.8 Å². The zero-order valence-electron chi connectivity index (χ0n) is 25.1. The van der Waals surface area contributed by atoms with Crippen molar-refractivity contribution in [2.75, 3.05) is 18.5 Å². The Bertz CT molecular complexity index is 1750. The van der Waals surface area contributed by atoms with Crippen molar-refractivity contribution in [1.29, 1.82) is 0 Å². The minimum absolute atomic E-state index is 0.103. The summed E-state index contributed by atoms with van der Waals surface area (Å²) < 4.78 is 5.98. The number of carbonyl (C=O) groups excluding carboxylic acids is 2. The number of carboxylic acids is 1. The number of rotatable bonds is 15. The molecule has 1 amide bonds. The highest BCUT2D eigenvalue weighted by atomic mass is 32.1. The van der Waals surface area contributed by atoms with Crippen molar-refractivity contribution in [2.45, 2.75) is 19.0 Å². The maximum Gasteiger partial charge on any atom is 0.326 e. The minimum atomic E-state index is -1.03. The van der Waals surface area contributed by atoms with Crippen LogP contribution in [0.2, 0.25) is 0 Å². The second-order valence-electron chi connectivity index (χ2n) is 10.6. The molecule has 4 aromatic carbocycles. The highest BCUT2D eigenvalue weighted by Crippen LogP contribution is 2.22. The molecule has 0 saturated heterocycles. The summed E-state index contributed by atoms with van der Waals surface area (Å²) in [5.41, 5.74) is 4.20. The van der Waals surface area contributed by atoms with E-state index in [-0.39, 0.29) is 24.7 Å². The number of para-hydroxylation sites is 1. The molecule has 1 atom stereocenters. The molecule has 232 valence electrons. The van der Waals surface area contributed by atoms with E-state index in [1.165, 1.54) is 0 Å². The molecule has 0 bridgehead atoms. The molecule has 0 aliphatic rings. The Morgan fingerprint density at radius 1 is 0.826 bits per heavy atom. The molecule has 7 nitrogen and oxygen atoms in total. The third-order valence-electron chi connectivity index (χ3n) is 7.32. The van der Waals surface area contributed by atoms with Gasteiger partial charge in [-0.15, -0.1) is 0 Å². The largest absolute Gasteiger partial charge is 0.492 e. The summed E-state index contributed by atoms with van der Waals surface area (Å²) in [6.07, 6.45) is 3.59. The van der Waals surface area contributed by atoms with Gasteiger partial charge in [0.05, 0.1) is 6.54 Å². The molecule has 0 fully saturated rings. The van der Waals surface area contributed by atoms with Gasteiger partial charge in [0.2, 0.25) is 5.91 Å². The average Bonchev–Trinajstić information content (AvgIpc) is 3.62. The second-order valence-corrected chi connectivity index (χ2v) is 11.4. The van der Waals surface area contributed by atoms with E-state index in [9.17, 15) is 19.5 Å². The van der Waals surface area contributed by atoms with Gasteiger partial charge in [0, 0.05) is 35.9 Å². The summed E-state index contributed by atoms with van der Waals surface area (Å²) in [7, 11) is 0. The Labute approximate surface area is 272 Å². The predicted octanol–water partition coefficient (Wildman–Crippen LogP) is 7.21. The first kappa shape index (κ1) is 31.9. The van der Waals surface area contributed by atoms with Gasteiger partial charge in [0.15, 0.2) is 5.78 Å². The van der Waals surface area contributed by atoms with Crippen molar-refractivity contribution in [1.82, 2.24) is 4.90 Å². The van der Waals surface area contributed by atoms with E-state index in [1.54, 1.807) is 83.0 Å². The third kappa shape index (κ3) is 9.03. The predicted molar refractivity (Wildman–Crippen MR) is 182 cm³/mol. The van der Waals surface area contributed by atoms with Gasteiger partial charge in [-0.2, -0.15) is 11.3 Å². The van der Waals surface area contributed by atoms with Gasteiger partial charge in [0.25, 0.3) is 0 Å². The lowest BCUT2D eigenvalue weighted by Gasteiger charge is -2.22. The number of aliphatic carboxylic acids is 1. The molecular weight excluding hydrogens is 596 g/mol. The number of hydrogen-bond donors (Lipinski definition) is 2. The van der Waals surface area contributed by atoms with Gasteiger partial charge in [0.1, 0.15) is 18.4 Å². The molecule has 1 heterocycles. The molecule has 0 saturated carbocycles. The Kier molecular flexibility index (Phi) is 11.1. The SMILES string of the molecule is O=C(c1ccccc1)c1ccccc1NC(Cc1ccc(OCCN(Cc2ccccc2)C(=O)C=Cc2ccsc2)cc1)C(=O)O. The van der Waals surface area contributed by atoms with E-state index >= 15 is 0 Å². The van der Waals surface area contributed by atoms with Crippen LogP contribution >= 0.6 is 11.3 Å². The molecule has 0 aliphatic heterocycles. The maximum atomic E-state index is 13.1. The third-order valence-corrected chi connectivity index (χ3v) is 8.02. The number of benzene rings is 4. The molecule has 0 spiro atoms. The van der Waals surface area contributed by atoms with Crippen molar-refractivity contribution < 1.29 is 24.2 Å². The lowest BCUT2D eigenvalue weighted by Crippen LogP contribution is -2.33. The number of carbonyl (C=O) groups is 3. The number of thiophene rings is 1. The Morgan fingerprint density at radius 3 is 2.22 bits per heavy atom. The number of anilines is 1. The molecule has 0 aliphatic carbocycles. The van der Waals surface area contributed by atoms with Gasteiger partial charge >= 0.3 is 5.97 Å². The van der Waals surface area contributed by atoms with Crippen molar-refractivity contribution in [2.24, 2.45) is 0 Å². The van der Waals surface area contributed by atoms with Gasteiger partial charge in [-0.05, 0) is 63.9 Å². The quantitative estimate of drug-likeness (QED) is 0.0938. The van der Waals surface area contributed by atoms with Crippen LogP contribution in [0.15, 0.2) is 132 Å². The highest BCUT2D eigenvalue weighted by molar-refractivity contribution is 7.08. The van der Waals surface area contributed by atoms with Crippen LogP contribution < -0.4 is 10.1 Å². The summed E-state index contributed by atoms with van der Waals surface area (Å²) in [5, 5.41) is 17.0. The first-order valence-corrected chi connectivity index (χ1v) is 15.8. The molecule has 0 radical (unpaired) electrons. The molecule has 2 N–H and O–H groups in total. The fourth-order valence-corrected chi connectivity index (χ4v) is 5.51. The maximum absolute atomic E-state index is 13.1. The van der Waals surface area contributed by atoms with Crippen molar-refractivity contribution in [3.8, 4) is 5.75 Å². The minimum Gasteiger partial charge on any atom is -0.492 e. The number of ether oxygens (including phenoxy) is 1. The van der Waals surface area contributed by atoms with Gasteiger partial charge in [-0.25, -0.2) is 4.79 Å². The fourth-order valence-electron chi connectivity index (χ4n) is 4.88. The lowest BCUT2D eigenvalue weighted by molar-refractivity contribution is -0.137. The zero-order chi connectivity index (χ0) is 32.1. The van der Waals surface area contributed by atoms with Crippen LogP contribution in [0.25, 0.3) is 6.08 Å². The first-order valence-electron chi connectivity index (χ1n) is 14.9. The van der Waals surface area contributed by atoms with Crippen molar-refractivity contribution in [3.63, 3.8) is 0 Å². The highest BCUT2D eigenvalue weighted by Gasteiger charge is 2.21. The van der Waals surface area contributed by atoms with Gasteiger partial charge < -0.3 is 20.1 Å². The molecule has 8 heteroatoms. The van der Waals surface area contributed by atoms with Crippen LogP contribution in [0.3, 0.4) is 0 Å². The topological polar surface area (TPSA) is 95.9 Å². The van der Waals surface area contributed by atoms with Gasteiger partial charge in [-0.1, -0.05) is 84.9 Å². The van der Waals surface area contributed by atoms with E-state index in [0.717, 1.165) is 16.7 Å². The number of carboxylic acid groups (broad SMARTS) is 1. The molecule has 5 aromatic rings. The molecule has 46 heavy (non-hydrogen) atoms. The van der Waals surface area contributed by atoms with Crippen LogP contribution in [0.1, 0.15) is 32.6 Å². The Balaban J connectivity index is 1.19. The molecule has 1 unspecified atom stereocenters. The second kappa shape index (κ2) is 16.0. The summed E-state index contributed by atoms with van der Waals surface area (Å²) in [6, 6.07) is 33.9. The fraction of sp³-hybridized carbons (Fsp3) is 0.132. The zero-order valence-corrected chi connectivity index (χ0v) is 25.9. The summed E-state index contributed by atoms with van der Waals surface area (Å²) in [6.45, 7) is 1.13. The number of hydrogen-bond acceptors (Lipinski definition) is 6. The first-order chi connectivity index (χ1) is 22.5. The van der Waals surface area contributed by atoms with E-state index in [2.05, 4.69) is 5.32 Å². The van der Waals surface area contributed by atoms with Crippen LogP contribution in [-0.2, 0) is 22.6 Å². The van der Waals surface area contributed by atoms with E-state index in [1.807, 2.05) is 71.4 Å². The number of nitrogens with one attached hydrogen (secondary N) is 1. The Morgan fingerprint density at radius 2 is 1.52 bits per heavy atom. The normalized spacial score (nSPS) is 11.6. The smallest absolute Gasteiger partial charge is 0.326 e. The number of ketones is 1. The summed E-state index contributed by atoms with van der Waals surface area (Å²) in [5.74, 6) is -0.702. The van der Waals surface area contributed by atoms with E-state index in [4.69, 9.17) is 4.74 Å². The van der Waals surface area contributed by atoms with Crippen LogP contribution in [0, 0.1) is 0 Å². The summed E-state index contributed by atoms with van der Waals surface area (Å²) in [4.78, 5) is 40.2. The molecule has 1 aromatic heterocycles.